The van der Waals surface area contributed by atoms with Gasteiger partial charge in [0.2, 0.25) is 0 Å². The zero-order valence-corrected chi connectivity index (χ0v) is 7.75. The molecule has 0 aliphatic rings. The fourth-order valence-electron chi connectivity index (χ4n) is 0.672. The lowest BCUT2D eigenvalue weighted by Crippen LogP contribution is -2.12. The van der Waals surface area contributed by atoms with Crippen LogP contribution >= 0.6 is 11.6 Å². The highest BCUT2D eigenvalue weighted by Gasteiger charge is 2.01. The minimum atomic E-state index is -0.444. The Balaban J connectivity index is 2.50. The van der Waals surface area contributed by atoms with Crippen LogP contribution in [0.2, 0.25) is 5.02 Å². The summed E-state index contributed by atoms with van der Waals surface area (Å²) in [5, 5.41) is 0.461. The summed E-state index contributed by atoms with van der Waals surface area (Å²) < 4.78 is 9.40. The Hall–Kier alpha value is -1.29. The minimum absolute atomic E-state index is 0.140. The second-order valence-corrected chi connectivity index (χ2v) is 2.64. The molecule has 70 valence electrons. The van der Waals surface area contributed by atoms with Gasteiger partial charge in [0.15, 0.2) is 6.61 Å². The van der Waals surface area contributed by atoms with E-state index in [4.69, 9.17) is 16.3 Å². The van der Waals surface area contributed by atoms with Crippen LogP contribution in [-0.4, -0.2) is 24.7 Å². The highest BCUT2D eigenvalue weighted by molar-refractivity contribution is 6.30. The van der Waals surface area contributed by atoms with Gasteiger partial charge in [-0.25, -0.2) is 4.79 Å². The fourth-order valence-corrected chi connectivity index (χ4v) is 0.836. The van der Waals surface area contributed by atoms with E-state index in [1.807, 2.05) is 0 Å². The SMILES string of the molecule is COC(=O)COc1cncc(Cl)c1. The van der Waals surface area contributed by atoms with E-state index < -0.39 is 5.97 Å². The lowest BCUT2D eigenvalue weighted by atomic mass is 10.4. The molecule has 0 atom stereocenters. The van der Waals surface area contributed by atoms with Gasteiger partial charge in [-0.05, 0) is 0 Å². The van der Waals surface area contributed by atoms with Crippen LogP contribution in [0.15, 0.2) is 18.5 Å². The van der Waals surface area contributed by atoms with Crippen molar-refractivity contribution in [3.8, 4) is 5.75 Å². The summed E-state index contributed by atoms with van der Waals surface area (Å²) in [4.78, 5) is 14.4. The maximum Gasteiger partial charge on any atom is 0.343 e. The number of esters is 1. The van der Waals surface area contributed by atoms with E-state index in [1.54, 1.807) is 6.07 Å². The molecule has 0 N–H and O–H groups in total. The molecule has 0 saturated carbocycles. The molecule has 1 aromatic rings. The molecule has 0 amide bonds. The summed E-state index contributed by atoms with van der Waals surface area (Å²) in [6, 6.07) is 1.57. The Bertz CT molecular complexity index is 303. The number of hydrogen-bond donors (Lipinski definition) is 0. The minimum Gasteiger partial charge on any atom is -0.480 e. The maximum absolute atomic E-state index is 10.7. The second kappa shape index (κ2) is 4.67. The van der Waals surface area contributed by atoms with E-state index in [2.05, 4.69) is 9.72 Å². The van der Waals surface area contributed by atoms with Crippen LogP contribution in [0.3, 0.4) is 0 Å². The van der Waals surface area contributed by atoms with Gasteiger partial charge in [0.05, 0.1) is 18.3 Å². The van der Waals surface area contributed by atoms with Crippen molar-refractivity contribution in [3.63, 3.8) is 0 Å². The summed E-state index contributed by atoms with van der Waals surface area (Å²) in [6.45, 7) is -0.140. The number of pyridine rings is 1. The van der Waals surface area contributed by atoms with Gasteiger partial charge in [-0.1, -0.05) is 11.6 Å². The van der Waals surface area contributed by atoms with Crippen molar-refractivity contribution in [1.82, 2.24) is 4.98 Å². The molecule has 1 rings (SSSR count). The summed E-state index contributed by atoms with van der Waals surface area (Å²) in [7, 11) is 1.29. The predicted molar refractivity (Wildman–Crippen MR) is 46.8 cm³/mol. The first-order chi connectivity index (χ1) is 6.22. The molecular formula is C8H8ClNO3. The number of carbonyl (C=O) groups excluding carboxylic acids is 1. The quantitative estimate of drug-likeness (QED) is 0.692. The van der Waals surface area contributed by atoms with Gasteiger partial charge >= 0.3 is 5.97 Å². The normalized spacial score (nSPS) is 9.38. The third kappa shape index (κ3) is 3.29. The van der Waals surface area contributed by atoms with Crippen molar-refractivity contribution in [1.29, 1.82) is 0 Å². The molecule has 0 bridgehead atoms. The molecule has 0 radical (unpaired) electrons. The maximum atomic E-state index is 10.7. The van der Waals surface area contributed by atoms with Crippen molar-refractivity contribution in [2.24, 2.45) is 0 Å². The molecule has 13 heavy (non-hydrogen) atoms. The fraction of sp³-hybridized carbons (Fsp3) is 0.250. The summed E-state index contributed by atoms with van der Waals surface area (Å²) in [6.07, 6.45) is 2.95. The van der Waals surface area contributed by atoms with Crippen molar-refractivity contribution >= 4 is 17.6 Å². The Morgan fingerprint density at radius 2 is 2.38 bits per heavy atom. The van der Waals surface area contributed by atoms with Gasteiger partial charge in [-0.15, -0.1) is 0 Å². The molecule has 4 nitrogen and oxygen atoms in total. The monoisotopic (exact) mass is 201 g/mol. The first-order valence-electron chi connectivity index (χ1n) is 3.52. The standard InChI is InChI=1S/C8H8ClNO3/c1-12-8(11)5-13-7-2-6(9)3-10-4-7/h2-4H,5H2,1H3. The average Bonchev–Trinajstić information content (AvgIpc) is 2.14. The third-order valence-corrected chi connectivity index (χ3v) is 1.47. The van der Waals surface area contributed by atoms with E-state index in [0.717, 1.165) is 0 Å². The van der Waals surface area contributed by atoms with E-state index in [1.165, 1.54) is 19.5 Å². The lowest BCUT2D eigenvalue weighted by Gasteiger charge is -2.03. The van der Waals surface area contributed by atoms with Gasteiger partial charge in [-0.2, -0.15) is 0 Å². The average molecular weight is 202 g/mol. The number of nitrogens with zero attached hydrogens (tertiary/aromatic N) is 1. The Morgan fingerprint density at radius 1 is 1.62 bits per heavy atom. The van der Waals surface area contributed by atoms with Crippen LogP contribution in [0.1, 0.15) is 0 Å². The topological polar surface area (TPSA) is 48.4 Å². The zero-order chi connectivity index (χ0) is 9.68. The van der Waals surface area contributed by atoms with E-state index in [0.29, 0.717) is 10.8 Å². The Kier molecular flexibility index (Phi) is 3.52. The molecule has 1 aromatic heterocycles. The number of methoxy groups -OCH3 is 1. The number of hydrogen-bond acceptors (Lipinski definition) is 4. The van der Waals surface area contributed by atoms with Gasteiger partial charge in [0.25, 0.3) is 0 Å². The molecule has 5 heteroatoms. The lowest BCUT2D eigenvalue weighted by molar-refractivity contribution is -0.142. The van der Waals surface area contributed by atoms with Crippen molar-refractivity contribution in [2.45, 2.75) is 0 Å². The van der Waals surface area contributed by atoms with Gasteiger partial charge in [-0.3, -0.25) is 4.98 Å². The number of carbonyl (C=O) groups is 1. The second-order valence-electron chi connectivity index (χ2n) is 2.20. The molecule has 1 heterocycles. The number of aromatic nitrogens is 1. The molecular weight excluding hydrogens is 194 g/mol. The molecule has 0 saturated heterocycles. The molecule has 0 aliphatic carbocycles. The van der Waals surface area contributed by atoms with Crippen LogP contribution in [0.5, 0.6) is 5.75 Å². The van der Waals surface area contributed by atoms with Crippen molar-refractivity contribution < 1.29 is 14.3 Å². The van der Waals surface area contributed by atoms with Crippen molar-refractivity contribution in [2.75, 3.05) is 13.7 Å². The Morgan fingerprint density at radius 3 is 3.00 bits per heavy atom. The zero-order valence-electron chi connectivity index (χ0n) is 6.99. The molecule has 0 aromatic carbocycles. The summed E-state index contributed by atoms with van der Waals surface area (Å²) >= 11 is 5.64. The van der Waals surface area contributed by atoms with Crippen LogP contribution in [0.25, 0.3) is 0 Å². The summed E-state index contributed by atoms with van der Waals surface area (Å²) in [5.74, 6) is -0.00197. The van der Waals surface area contributed by atoms with Crippen LogP contribution in [0, 0.1) is 0 Å². The number of ether oxygens (including phenoxy) is 2. The highest BCUT2D eigenvalue weighted by atomic mass is 35.5. The van der Waals surface area contributed by atoms with E-state index >= 15 is 0 Å². The van der Waals surface area contributed by atoms with Gasteiger partial charge in [0, 0.05) is 12.3 Å². The third-order valence-electron chi connectivity index (χ3n) is 1.26. The van der Waals surface area contributed by atoms with E-state index in [-0.39, 0.29) is 6.61 Å². The van der Waals surface area contributed by atoms with Crippen LogP contribution < -0.4 is 4.74 Å². The number of rotatable bonds is 3. The predicted octanol–water partition coefficient (Wildman–Crippen LogP) is 1.29. The number of halogens is 1. The largest absolute Gasteiger partial charge is 0.480 e. The Labute approximate surface area is 80.4 Å². The van der Waals surface area contributed by atoms with Crippen LogP contribution in [0.4, 0.5) is 0 Å². The molecule has 0 spiro atoms. The first kappa shape index (κ1) is 9.80. The van der Waals surface area contributed by atoms with Gasteiger partial charge < -0.3 is 9.47 Å². The van der Waals surface area contributed by atoms with E-state index in [9.17, 15) is 4.79 Å². The summed E-state index contributed by atoms with van der Waals surface area (Å²) in [5.41, 5.74) is 0. The molecule has 0 unspecified atom stereocenters. The first-order valence-corrected chi connectivity index (χ1v) is 3.90. The smallest absolute Gasteiger partial charge is 0.343 e. The molecule has 0 fully saturated rings. The van der Waals surface area contributed by atoms with Crippen molar-refractivity contribution in [3.05, 3.63) is 23.5 Å². The van der Waals surface area contributed by atoms with Gasteiger partial charge in [0.1, 0.15) is 5.75 Å². The molecule has 0 aliphatic heterocycles. The highest BCUT2D eigenvalue weighted by Crippen LogP contribution is 2.14. The van der Waals surface area contributed by atoms with Crippen LogP contribution in [-0.2, 0) is 9.53 Å².